The Morgan fingerprint density at radius 2 is 1.63 bits per heavy atom. The molecule has 1 aliphatic heterocycles. The number of carbonyl (C=O) groups is 2. The molecule has 0 aromatic heterocycles. The summed E-state index contributed by atoms with van der Waals surface area (Å²) in [6, 6.07) is 17.0. The van der Waals surface area contributed by atoms with Crippen LogP contribution in [0.2, 0.25) is 0 Å². The molecule has 1 aliphatic rings. The molecule has 35 heavy (non-hydrogen) atoms. The van der Waals surface area contributed by atoms with Crippen molar-refractivity contribution in [1.82, 2.24) is 4.90 Å². The van der Waals surface area contributed by atoms with Gasteiger partial charge in [-0.25, -0.2) is 4.39 Å². The average molecular weight is 540 g/mol. The van der Waals surface area contributed by atoms with Gasteiger partial charge in [0.2, 0.25) is 0 Å². The first-order chi connectivity index (χ1) is 16.8. The summed E-state index contributed by atoms with van der Waals surface area (Å²) in [5.74, 6) is -1.19. The quantitative estimate of drug-likeness (QED) is 0.251. The number of nitrogens with zero attached hydrogens (tertiary/aromatic N) is 1. The Bertz CT molecular complexity index is 1290. The number of carbonyl (C=O) groups excluding carboxylic acids is 2. The van der Waals surface area contributed by atoms with Crippen molar-refractivity contribution in [2.24, 2.45) is 0 Å². The van der Waals surface area contributed by atoms with Crippen LogP contribution in [0.25, 0.3) is 5.76 Å². The first-order valence-corrected chi connectivity index (χ1v) is 11.6. The molecule has 1 unspecified atom stereocenters. The highest BCUT2D eigenvalue weighted by Gasteiger charge is 2.46. The van der Waals surface area contributed by atoms with Gasteiger partial charge in [0.15, 0.2) is 11.5 Å². The van der Waals surface area contributed by atoms with E-state index >= 15 is 0 Å². The number of aliphatic hydroxyl groups excluding tert-OH is 1. The second kappa shape index (κ2) is 10.3. The largest absolute Gasteiger partial charge is 0.507 e. The van der Waals surface area contributed by atoms with Crippen LogP contribution in [0.3, 0.4) is 0 Å². The summed E-state index contributed by atoms with van der Waals surface area (Å²) in [5.41, 5.74) is 1.80. The maximum Gasteiger partial charge on any atom is 0.295 e. The number of halogens is 2. The number of rotatable bonds is 7. The second-order valence-electron chi connectivity index (χ2n) is 7.99. The number of aliphatic hydroxyl groups is 1. The van der Waals surface area contributed by atoms with E-state index in [2.05, 4.69) is 15.9 Å². The molecule has 0 saturated carbocycles. The Morgan fingerprint density at radius 3 is 2.26 bits per heavy atom. The van der Waals surface area contributed by atoms with Gasteiger partial charge in [-0.15, -0.1) is 0 Å². The second-order valence-corrected chi connectivity index (χ2v) is 8.91. The highest BCUT2D eigenvalue weighted by Crippen LogP contribution is 2.42. The smallest absolute Gasteiger partial charge is 0.295 e. The average Bonchev–Trinajstić information content (AvgIpc) is 3.12. The molecule has 1 saturated heterocycles. The molecule has 3 aromatic carbocycles. The lowest BCUT2D eigenvalue weighted by Gasteiger charge is -2.26. The van der Waals surface area contributed by atoms with Crippen molar-refractivity contribution in [2.45, 2.75) is 12.5 Å². The lowest BCUT2D eigenvalue weighted by Crippen LogP contribution is -2.31. The van der Waals surface area contributed by atoms with Gasteiger partial charge in [-0.1, -0.05) is 46.3 Å². The maximum absolute atomic E-state index is 13.3. The van der Waals surface area contributed by atoms with Gasteiger partial charge in [0.1, 0.15) is 11.6 Å². The number of methoxy groups -OCH3 is 2. The molecule has 1 N–H and O–H groups in total. The van der Waals surface area contributed by atoms with Gasteiger partial charge < -0.3 is 19.5 Å². The lowest BCUT2D eigenvalue weighted by atomic mass is 9.95. The number of hydrogen-bond donors (Lipinski definition) is 1. The molecule has 0 bridgehead atoms. The van der Waals surface area contributed by atoms with Crippen molar-refractivity contribution >= 4 is 33.4 Å². The van der Waals surface area contributed by atoms with Crippen LogP contribution < -0.4 is 9.47 Å². The van der Waals surface area contributed by atoms with E-state index in [0.717, 1.165) is 10.0 Å². The van der Waals surface area contributed by atoms with E-state index in [1.165, 1.54) is 31.3 Å². The van der Waals surface area contributed by atoms with E-state index in [9.17, 15) is 19.1 Å². The van der Waals surface area contributed by atoms with Crippen molar-refractivity contribution in [3.8, 4) is 11.5 Å². The summed E-state index contributed by atoms with van der Waals surface area (Å²) in [5, 5.41) is 11.2. The summed E-state index contributed by atoms with van der Waals surface area (Å²) >= 11 is 3.36. The molecule has 1 heterocycles. The first-order valence-electron chi connectivity index (χ1n) is 10.8. The van der Waals surface area contributed by atoms with Crippen LogP contribution in [0.1, 0.15) is 22.7 Å². The molecule has 4 rings (SSSR count). The van der Waals surface area contributed by atoms with Crippen LogP contribution in [0.5, 0.6) is 11.5 Å². The van der Waals surface area contributed by atoms with Gasteiger partial charge in [0, 0.05) is 16.6 Å². The molecule has 180 valence electrons. The lowest BCUT2D eigenvalue weighted by molar-refractivity contribution is -0.139. The summed E-state index contributed by atoms with van der Waals surface area (Å²) in [6.07, 6.45) is 0.398. The number of benzene rings is 3. The fourth-order valence-corrected chi connectivity index (χ4v) is 4.41. The Hall–Kier alpha value is -3.65. The monoisotopic (exact) mass is 539 g/mol. The number of hydrogen-bond acceptors (Lipinski definition) is 5. The van der Waals surface area contributed by atoms with E-state index in [-0.39, 0.29) is 23.7 Å². The third-order valence-corrected chi connectivity index (χ3v) is 6.46. The fraction of sp³-hybridized carbons (Fsp3) is 0.185. The van der Waals surface area contributed by atoms with Crippen LogP contribution in [0, 0.1) is 5.82 Å². The van der Waals surface area contributed by atoms with Crippen LogP contribution in [0.4, 0.5) is 4.39 Å². The summed E-state index contributed by atoms with van der Waals surface area (Å²) in [4.78, 5) is 27.8. The molecule has 0 radical (unpaired) electrons. The first kappa shape index (κ1) is 24.5. The third-order valence-electron chi connectivity index (χ3n) is 5.94. The van der Waals surface area contributed by atoms with Crippen molar-refractivity contribution < 1.29 is 28.6 Å². The summed E-state index contributed by atoms with van der Waals surface area (Å²) in [6.45, 7) is 0.187. The highest BCUT2D eigenvalue weighted by molar-refractivity contribution is 9.10. The van der Waals surface area contributed by atoms with Crippen molar-refractivity contribution in [3.63, 3.8) is 0 Å². The van der Waals surface area contributed by atoms with Gasteiger partial charge in [-0.2, -0.15) is 0 Å². The van der Waals surface area contributed by atoms with E-state index in [1.54, 1.807) is 54.6 Å². The normalized spacial score (nSPS) is 17.0. The molecule has 3 aromatic rings. The van der Waals surface area contributed by atoms with Crippen LogP contribution in [-0.4, -0.2) is 42.5 Å². The van der Waals surface area contributed by atoms with E-state index in [0.29, 0.717) is 29.0 Å². The summed E-state index contributed by atoms with van der Waals surface area (Å²) < 4.78 is 24.9. The van der Waals surface area contributed by atoms with Crippen LogP contribution in [-0.2, 0) is 16.0 Å². The molecule has 6 nitrogen and oxygen atoms in total. The predicted molar refractivity (Wildman–Crippen MR) is 133 cm³/mol. The Morgan fingerprint density at radius 1 is 0.971 bits per heavy atom. The fourth-order valence-electron chi connectivity index (χ4n) is 4.14. The zero-order chi connectivity index (χ0) is 25.1. The molecule has 8 heteroatoms. The Labute approximate surface area is 210 Å². The van der Waals surface area contributed by atoms with Crippen molar-refractivity contribution in [1.29, 1.82) is 0 Å². The topological polar surface area (TPSA) is 76.1 Å². The third kappa shape index (κ3) is 4.93. The zero-order valence-electron chi connectivity index (χ0n) is 19.1. The van der Waals surface area contributed by atoms with Crippen molar-refractivity contribution in [2.75, 3.05) is 20.8 Å². The molecular weight excluding hydrogens is 517 g/mol. The number of ketones is 1. The molecule has 1 amide bonds. The Kier molecular flexibility index (Phi) is 7.21. The van der Waals surface area contributed by atoms with Gasteiger partial charge in [0.25, 0.3) is 11.7 Å². The molecule has 0 aliphatic carbocycles. The zero-order valence-corrected chi connectivity index (χ0v) is 20.7. The number of likely N-dealkylation sites (tertiary alicyclic amines) is 1. The minimum atomic E-state index is -0.848. The number of amides is 1. The summed E-state index contributed by atoms with van der Waals surface area (Å²) in [7, 11) is 3.01. The molecule has 0 spiro atoms. The number of Topliss-reactive ketones (excluding diaryl/α,β-unsaturated/α-hetero) is 1. The predicted octanol–water partition coefficient (Wildman–Crippen LogP) is 5.27. The van der Waals surface area contributed by atoms with Crippen LogP contribution >= 0.6 is 15.9 Å². The Balaban J connectivity index is 1.81. The van der Waals surface area contributed by atoms with Gasteiger partial charge in [-0.3, -0.25) is 9.59 Å². The minimum Gasteiger partial charge on any atom is -0.507 e. The van der Waals surface area contributed by atoms with Gasteiger partial charge in [-0.05, 0) is 53.9 Å². The number of ether oxygens (including phenoxy) is 2. The van der Waals surface area contributed by atoms with Gasteiger partial charge >= 0.3 is 0 Å². The minimum absolute atomic E-state index is 0.0105. The molecular formula is C27H23BrFNO5. The van der Waals surface area contributed by atoms with E-state index in [4.69, 9.17) is 9.47 Å². The van der Waals surface area contributed by atoms with E-state index < -0.39 is 17.7 Å². The SMILES string of the molecule is COc1ccc(C2/C(=C(/O)c3ccc(Br)cc3)C(=O)C(=O)N2CCc2ccc(F)cc2)cc1OC. The maximum atomic E-state index is 13.3. The van der Waals surface area contributed by atoms with Gasteiger partial charge in [0.05, 0.1) is 25.8 Å². The standard InChI is InChI=1S/C27H23BrFNO5/c1-34-21-12-7-18(15-22(21)35-2)24-23(25(31)17-5-8-19(28)9-6-17)26(32)27(33)30(24)14-13-16-3-10-20(29)11-4-16/h3-12,15,24,31H,13-14H2,1-2H3/b25-23-. The van der Waals surface area contributed by atoms with Crippen LogP contribution in [0.15, 0.2) is 76.8 Å². The molecule has 1 atom stereocenters. The van der Waals surface area contributed by atoms with E-state index in [1.807, 2.05) is 0 Å². The molecule has 1 fully saturated rings. The highest BCUT2D eigenvalue weighted by atomic mass is 79.9. The van der Waals surface area contributed by atoms with Crippen molar-refractivity contribution in [3.05, 3.63) is 99.3 Å².